The van der Waals surface area contributed by atoms with Crippen LogP contribution in [0, 0.1) is 0 Å². The molecule has 0 aliphatic heterocycles. The Balaban J connectivity index is 4.18. The van der Waals surface area contributed by atoms with Crippen LogP contribution in [0.3, 0.4) is 0 Å². The lowest BCUT2D eigenvalue weighted by Gasteiger charge is -2.18. The zero-order valence-corrected chi connectivity index (χ0v) is 34.5. The van der Waals surface area contributed by atoms with Gasteiger partial charge < -0.3 is 24.4 Å². The first-order valence-electron chi connectivity index (χ1n) is 20.3. The van der Waals surface area contributed by atoms with Crippen molar-refractivity contribution in [2.24, 2.45) is 0 Å². The third kappa shape index (κ3) is 41.7. The standard InChI is InChI=1S/C45H71O9P/c1-3-5-7-8-9-10-11-12-13-14-15-18-22-25-28-31-35-39-45(48)54-43(41-53-55(49,50)51)40-52-44(47)38-34-30-27-24-21-19-16-17-20-23-26-29-33-37-42(46)36-32-6-4-2/h6,9-10,12-13,15,17-21,26-27,29-30,32-33,37,42-43,46H,3-5,7-8,11,14,16,22-25,28,31,34-36,38-41H2,1-2H3,(H2,49,50,51)/b10-9-,13-12-,18-15-,20-17-,21-19-,29-26+,30-27-,32-6-,37-33+/t42?,43-/m1/s1. The first-order chi connectivity index (χ1) is 26.7. The minimum absolute atomic E-state index is 0.114. The number of allylic oxidation sites excluding steroid dienone is 16. The summed E-state index contributed by atoms with van der Waals surface area (Å²) in [5, 5.41) is 9.81. The summed E-state index contributed by atoms with van der Waals surface area (Å²) in [5.74, 6) is -1.04. The van der Waals surface area contributed by atoms with Gasteiger partial charge in [0.25, 0.3) is 0 Å². The van der Waals surface area contributed by atoms with Gasteiger partial charge in [0.1, 0.15) is 6.61 Å². The van der Waals surface area contributed by atoms with E-state index in [0.717, 1.165) is 64.2 Å². The lowest BCUT2D eigenvalue weighted by Crippen LogP contribution is -2.29. The van der Waals surface area contributed by atoms with Gasteiger partial charge in [-0.25, -0.2) is 4.57 Å². The second kappa shape index (κ2) is 38.9. The molecule has 0 fully saturated rings. The van der Waals surface area contributed by atoms with E-state index in [1.165, 1.54) is 25.7 Å². The van der Waals surface area contributed by atoms with Gasteiger partial charge in [0, 0.05) is 12.8 Å². The van der Waals surface area contributed by atoms with Crippen molar-refractivity contribution in [3.8, 4) is 0 Å². The largest absolute Gasteiger partial charge is 0.469 e. The maximum Gasteiger partial charge on any atom is 0.469 e. The fourth-order valence-corrected chi connectivity index (χ4v) is 5.20. The van der Waals surface area contributed by atoms with E-state index < -0.39 is 38.6 Å². The number of aliphatic hydroxyl groups excluding tert-OH is 1. The van der Waals surface area contributed by atoms with Crippen LogP contribution in [0.4, 0.5) is 0 Å². The Hall–Kier alpha value is -3.33. The van der Waals surface area contributed by atoms with Gasteiger partial charge in [0.15, 0.2) is 6.10 Å². The minimum atomic E-state index is -4.79. The highest BCUT2D eigenvalue weighted by molar-refractivity contribution is 7.46. The van der Waals surface area contributed by atoms with Crippen molar-refractivity contribution in [2.45, 2.75) is 148 Å². The lowest BCUT2D eigenvalue weighted by molar-refractivity contribution is -0.161. The van der Waals surface area contributed by atoms with E-state index in [0.29, 0.717) is 19.3 Å². The van der Waals surface area contributed by atoms with Crippen LogP contribution in [0.5, 0.6) is 0 Å². The van der Waals surface area contributed by atoms with Crippen LogP contribution in [0.25, 0.3) is 0 Å². The number of hydrogen-bond donors (Lipinski definition) is 3. The lowest BCUT2D eigenvalue weighted by atomic mass is 10.1. The van der Waals surface area contributed by atoms with Crippen LogP contribution in [0.15, 0.2) is 109 Å². The first-order valence-corrected chi connectivity index (χ1v) is 21.8. The Morgan fingerprint density at radius 2 is 1.13 bits per heavy atom. The Morgan fingerprint density at radius 1 is 0.582 bits per heavy atom. The number of hydrogen-bond acceptors (Lipinski definition) is 7. The van der Waals surface area contributed by atoms with Crippen molar-refractivity contribution in [3.05, 3.63) is 109 Å². The average molecular weight is 787 g/mol. The molecule has 2 atom stereocenters. The van der Waals surface area contributed by atoms with E-state index in [4.69, 9.17) is 19.3 Å². The van der Waals surface area contributed by atoms with Gasteiger partial charge in [-0.15, -0.1) is 0 Å². The van der Waals surface area contributed by atoms with Gasteiger partial charge >= 0.3 is 19.8 Å². The molecule has 0 spiro atoms. The Kier molecular flexibility index (Phi) is 36.6. The molecule has 10 heteroatoms. The smallest absolute Gasteiger partial charge is 0.462 e. The predicted molar refractivity (Wildman–Crippen MR) is 226 cm³/mol. The summed E-state index contributed by atoms with van der Waals surface area (Å²) < 4.78 is 26.2. The second-order valence-corrected chi connectivity index (χ2v) is 14.3. The van der Waals surface area contributed by atoms with Crippen LogP contribution in [0.2, 0.25) is 0 Å². The van der Waals surface area contributed by atoms with E-state index in [1.807, 2.05) is 48.6 Å². The molecule has 0 aliphatic carbocycles. The maximum absolute atomic E-state index is 12.4. The molecule has 0 aromatic carbocycles. The topological polar surface area (TPSA) is 140 Å². The zero-order valence-electron chi connectivity index (χ0n) is 33.6. The quantitative estimate of drug-likeness (QED) is 0.0188. The van der Waals surface area contributed by atoms with Crippen molar-refractivity contribution in [2.75, 3.05) is 13.2 Å². The molecular formula is C45H71O9P. The summed E-state index contributed by atoms with van der Waals surface area (Å²) in [6.07, 6.45) is 51.5. The van der Waals surface area contributed by atoms with Crippen LogP contribution in [-0.4, -0.2) is 52.3 Å². The van der Waals surface area contributed by atoms with Gasteiger partial charge in [-0.1, -0.05) is 149 Å². The number of aliphatic hydroxyl groups is 1. The Bertz CT molecular complexity index is 1270. The molecule has 3 N–H and O–H groups in total. The number of phosphoric acid groups is 1. The summed E-state index contributed by atoms with van der Waals surface area (Å²) in [6, 6.07) is 0. The minimum Gasteiger partial charge on any atom is -0.462 e. The number of esters is 2. The summed E-state index contributed by atoms with van der Waals surface area (Å²) in [4.78, 5) is 42.8. The zero-order chi connectivity index (χ0) is 40.5. The Labute approximate surface area is 332 Å². The molecule has 0 aliphatic rings. The molecule has 0 saturated carbocycles. The van der Waals surface area contributed by atoms with E-state index >= 15 is 0 Å². The summed E-state index contributed by atoms with van der Waals surface area (Å²) >= 11 is 0. The number of carbonyl (C=O) groups excluding carboxylic acids is 2. The molecule has 0 aromatic rings. The van der Waals surface area contributed by atoms with Crippen LogP contribution in [-0.2, 0) is 28.2 Å². The monoisotopic (exact) mass is 786 g/mol. The normalized spacial score (nSPS) is 14.2. The number of ether oxygens (including phenoxy) is 2. The van der Waals surface area contributed by atoms with Crippen molar-refractivity contribution < 1.29 is 43.0 Å². The van der Waals surface area contributed by atoms with E-state index in [9.17, 15) is 19.3 Å². The van der Waals surface area contributed by atoms with Crippen molar-refractivity contribution in [1.29, 1.82) is 0 Å². The number of unbranched alkanes of at least 4 members (excludes halogenated alkanes) is 7. The molecule has 0 aromatic heterocycles. The van der Waals surface area contributed by atoms with Gasteiger partial charge in [0.2, 0.25) is 0 Å². The maximum atomic E-state index is 12.4. The second-order valence-electron chi connectivity index (χ2n) is 13.1. The summed E-state index contributed by atoms with van der Waals surface area (Å²) in [6.45, 7) is 3.34. The summed E-state index contributed by atoms with van der Waals surface area (Å²) in [7, 11) is -4.79. The molecule has 0 amide bonds. The van der Waals surface area contributed by atoms with Crippen LogP contribution >= 0.6 is 7.82 Å². The molecule has 310 valence electrons. The number of carbonyl (C=O) groups is 2. The van der Waals surface area contributed by atoms with E-state index in [1.54, 1.807) is 6.08 Å². The predicted octanol–water partition coefficient (Wildman–Crippen LogP) is 11.4. The third-order valence-corrected chi connectivity index (χ3v) is 8.35. The van der Waals surface area contributed by atoms with Crippen molar-refractivity contribution in [3.63, 3.8) is 0 Å². The van der Waals surface area contributed by atoms with Gasteiger partial charge in [-0.05, 0) is 83.5 Å². The van der Waals surface area contributed by atoms with Gasteiger partial charge in [-0.2, -0.15) is 0 Å². The fraction of sp³-hybridized carbons (Fsp3) is 0.556. The van der Waals surface area contributed by atoms with Crippen LogP contribution < -0.4 is 0 Å². The van der Waals surface area contributed by atoms with Crippen molar-refractivity contribution >= 4 is 19.8 Å². The SMILES string of the molecule is CC/C=C\CC(O)/C=C/C=C/C/C=C\C/C=C\C/C=C\CCC(=O)OC[C@H](COP(=O)(O)O)OC(=O)CCCCCC/C=C\C/C=C\C/C=C\CCCCC. The highest BCUT2D eigenvalue weighted by Gasteiger charge is 2.22. The highest BCUT2D eigenvalue weighted by atomic mass is 31.2. The molecule has 9 nitrogen and oxygen atoms in total. The Morgan fingerprint density at radius 3 is 1.71 bits per heavy atom. The van der Waals surface area contributed by atoms with Gasteiger partial charge in [0.05, 0.1) is 12.7 Å². The highest BCUT2D eigenvalue weighted by Crippen LogP contribution is 2.36. The number of rotatable bonds is 35. The summed E-state index contributed by atoms with van der Waals surface area (Å²) in [5.41, 5.74) is 0. The molecule has 0 heterocycles. The van der Waals surface area contributed by atoms with Crippen molar-refractivity contribution in [1.82, 2.24) is 0 Å². The van der Waals surface area contributed by atoms with E-state index in [2.05, 4.69) is 73.1 Å². The molecule has 0 bridgehead atoms. The molecule has 0 radical (unpaired) electrons. The number of phosphoric ester groups is 1. The third-order valence-electron chi connectivity index (χ3n) is 7.87. The first kappa shape index (κ1) is 51.7. The average Bonchev–Trinajstić information content (AvgIpc) is 3.15. The van der Waals surface area contributed by atoms with Gasteiger partial charge in [-0.3, -0.25) is 14.1 Å². The molecule has 55 heavy (non-hydrogen) atoms. The van der Waals surface area contributed by atoms with Crippen LogP contribution in [0.1, 0.15) is 136 Å². The fourth-order valence-electron chi connectivity index (χ4n) is 4.84. The molecule has 1 unspecified atom stereocenters. The molecular weight excluding hydrogens is 715 g/mol. The molecule has 0 saturated heterocycles. The van der Waals surface area contributed by atoms with E-state index in [-0.39, 0.29) is 19.4 Å². The molecule has 0 rings (SSSR count).